The Balaban J connectivity index is -0.000000667. The molecule has 0 saturated carbocycles. The van der Waals surface area contributed by atoms with Crippen molar-refractivity contribution in [1.82, 2.24) is 20.4 Å². The number of nitrogens with zero attached hydrogens (tertiary/aromatic N) is 2. The minimum absolute atomic E-state index is 0. The van der Waals surface area contributed by atoms with E-state index in [1.807, 2.05) is 10.6 Å². The summed E-state index contributed by atoms with van der Waals surface area (Å²) in [7, 11) is 0. The number of ether oxygens (including phenoxy) is 4. The predicted octanol–water partition coefficient (Wildman–Crippen LogP) is -4.33. The summed E-state index contributed by atoms with van der Waals surface area (Å²) in [5.74, 6) is -8.34. The molecule has 0 aromatic rings. The van der Waals surface area contributed by atoms with E-state index in [1.165, 1.54) is 0 Å². The molecule has 2 amide bonds. The molecule has 1 aliphatic heterocycles. The van der Waals surface area contributed by atoms with Gasteiger partial charge in [-0.2, -0.15) is 0 Å². The smallest absolute Gasteiger partial charge is 1.00 e. The third-order valence-electron chi connectivity index (χ3n) is 5.28. The van der Waals surface area contributed by atoms with Gasteiger partial charge in [-0.25, -0.2) is 19.2 Å². The molecule has 1 aliphatic rings. The second kappa shape index (κ2) is 25.4. The van der Waals surface area contributed by atoms with E-state index < -0.39 is 47.8 Å². The number of carbonyl (C=O) groups excluding carboxylic acids is 2. The van der Waals surface area contributed by atoms with Crippen molar-refractivity contribution in [3.63, 3.8) is 0 Å². The van der Waals surface area contributed by atoms with E-state index in [4.69, 9.17) is 39.4 Å². The van der Waals surface area contributed by atoms with Crippen molar-refractivity contribution in [3.05, 3.63) is 0 Å². The van der Waals surface area contributed by atoms with Gasteiger partial charge in [0.05, 0.1) is 65.9 Å². The molecule has 20 heteroatoms. The van der Waals surface area contributed by atoms with Gasteiger partial charge in [-0.05, 0) is 0 Å². The standard InChI is InChI=1S/C22H36N4O14.2Ca.4H/c27-15(23-17(19(29)30)20(31)32)13-25-1-5-37-9-10-39-7-3-26(4-8-40-12-11-38-6-2-25)14-16(28)24-18(21(33)34)22(35)36;;;;;;/h17-18H,1-14H2,(H,23,27)(H,24,28)(H,29,30)(H,31,32)(H,33,34)(H,35,36);;;;;;/q;2*+2;4*-1. The maximum Gasteiger partial charge on any atom is 2.00 e. The average Bonchev–Trinajstić information content (AvgIpc) is 2.87. The Hall–Kier alpha value is -0.901. The van der Waals surface area contributed by atoms with Crippen molar-refractivity contribution >= 4 is 111 Å². The first-order valence-corrected chi connectivity index (χ1v) is 12.3. The first-order valence-electron chi connectivity index (χ1n) is 12.3. The minimum atomic E-state index is -2.06. The summed E-state index contributed by atoms with van der Waals surface area (Å²) in [6.45, 7) is 1.98. The van der Waals surface area contributed by atoms with Gasteiger partial charge in [0.15, 0.2) is 0 Å². The molecular formula is C22H40Ca2N4O14. The van der Waals surface area contributed by atoms with E-state index >= 15 is 0 Å². The van der Waals surface area contributed by atoms with Crippen molar-refractivity contribution in [2.75, 3.05) is 92.1 Å². The molecule has 0 unspecified atom stereocenters. The molecule has 1 saturated heterocycles. The SMILES string of the molecule is O=C(CN1CCOCCOCCN(CC(=O)NC(C(=O)O)C(=O)O)CCOCCOCC1)NC(C(=O)O)C(=O)O.[Ca+2].[Ca+2].[H-].[H-].[H-].[H-]. The van der Waals surface area contributed by atoms with Gasteiger partial charge >= 0.3 is 99.4 Å². The van der Waals surface area contributed by atoms with Gasteiger partial charge in [0, 0.05) is 26.2 Å². The van der Waals surface area contributed by atoms with E-state index in [1.54, 1.807) is 9.80 Å². The van der Waals surface area contributed by atoms with Gasteiger partial charge in [-0.15, -0.1) is 0 Å². The number of hydrogen-bond donors (Lipinski definition) is 6. The molecule has 1 rings (SSSR count). The van der Waals surface area contributed by atoms with Crippen LogP contribution in [0, 0.1) is 0 Å². The molecule has 0 aromatic heterocycles. The van der Waals surface area contributed by atoms with Gasteiger partial charge in [0.2, 0.25) is 23.9 Å². The van der Waals surface area contributed by atoms with Crippen LogP contribution in [0.5, 0.6) is 0 Å². The van der Waals surface area contributed by atoms with Crippen LogP contribution in [0.4, 0.5) is 0 Å². The molecule has 0 bridgehead atoms. The Morgan fingerprint density at radius 1 is 0.524 bits per heavy atom. The molecule has 6 N–H and O–H groups in total. The quantitative estimate of drug-likeness (QED) is 0.0954. The fraction of sp³-hybridized carbons (Fsp3) is 0.727. The van der Waals surface area contributed by atoms with Crippen LogP contribution in [0.2, 0.25) is 0 Å². The summed E-state index contributed by atoms with van der Waals surface area (Å²) in [4.78, 5) is 71.6. The van der Waals surface area contributed by atoms with Gasteiger partial charge < -0.3 is 55.7 Å². The molecule has 236 valence electrons. The number of carboxylic acids is 4. The maximum absolute atomic E-state index is 12.2. The summed E-state index contributed by atoms with van der Waals surface area (Å²) < 4.78 is 22.0. The van der Waals surface area contributed by atoms with Gasteiger partial charge in [0.1, 0.15) is 0 Å². The Kier molecular flexibility index (Phi) is 26.2. The summed E-state index contributed by atoms with van der Waals surface area (Å²) >= 11 is 0. The van der Waals surface area contributed by atoms with Gasteiger partial charge in [-0.1, -0.05) is 0 Å². The van der Waals surface area contributed by atoms with E-state index in [0.29, 0.717) is 0 Å². The predicted molar refractivity (Wildman–Crippen MR) is 147 cm³/mol. The van der Waals surface area contributed by atoms with Crippen molar-refractivity contribution in [3.8, 4) is 0 Å². The Morgan fingerprint density at radius 2 is 0.762 bits per heavy atom. The zero-order valence-electron chi connectivity index (χ0n) is 27.2. The first kappa shape index (κ1) is 43.2. The molecule has 1 heterocycles. The van der Waals surface area contributed by atoms with Crippen LogP contribution in [0.25, 0.3) is 0 Å². The monoisotopic (exact) mass is 664 g/mol. The fourth-order valence-corrected chi connectivity index (χ4v) is 3.24. The zero-order chi connectivity index (χ0) is 29.9. The van der Waals surface area contributed by atoms with Crippen LogP contribution >= 0.6 is 0 Å². The summed E-state index contributed by atoms with van der Waals surface area (Å²) in [5.41, 5.74) is 0. The number of carbonyl (C=O) groups is 6. The molecule has 18 nitrogen and oxygen atoms in total. The summed E-state index contributed by atoms with van der Waals surface area (Å²) in [5, 5.41) is 39.6. The molecule has 0 atom stereocenters. The number of nitrogens with one attached hydrogen (secondary N) is 2. The zero-order valence-corrected chi connectivity index (χ0v) is 27.7. The second-order valence-electron chi connectivity index (χ2n) is 8.36. The van der Waals surface area contributed by atoms with Crippen LogP contribution in [0.15, 0.2) is 0 Å². The molecule has 0 aliphatic carbocycles. The van der Waals surface area contributed by atoms with Gasteiger partial charge in [-0.3, -0.25) is 19.4 Å². The number of amides is 2. The number of hydrogen-bond acceptors (Lipinski definition) is 12. The number of aliphatic carboxylic acids is 4. The van der Waals surface area contributed by atoms with Crippen LogP contribution in [-0.2, 0) is 47.7 Å². The fourth-order valence-electron chi connectivity index (χ4n) is 3.24. The van der Waals surface area contributed by atoms with E-state index in [2.05, 4.69) is 0 Å². The average molecular weight is 665 g/mol. The van der Waals surface area contributed by atoms with E-state index in [-0.39, 0.29) is 173 Å². The summed E-state index contributed by atoms with van der Waals surface area (Å²) in [6.07, 6.45) is 0. The van der Waals surface area contributed by atoms with Crippen molar-refractivity contribution in [1.29, 1.82) is 0 Å². The van der Waals surface area contributed by atoms with E-state index in [9.17, 15) is 28.8 Å². The molecule has 0 radical (unpaired) electrons. The van der Waals surface area contributed by atoms with E-state index in [0.717, 1.165) is 0 Å². The molecule has 0 aromatic carbocycles. The van der Waals surface area contributed by atoms with Crippen LogP contribution < -0.4 is 10.6 Å². The Bertz CT molecular complexity index is 773. The second-order valence-corrected chi connectivity index (χ2v) is 8.36. The minimum Gasteiger partial charge on any atom is -1.00 e. The molecule has 0 spiro atoms. The topological polar surface area (TPSA) is 251 Å². The molecular weight excluding hydrogens is 624 g/mol. The normalized spacial score (nSPS) is 17.0. The Morgan fingerprint density at radius 3 is 0.976 bits per heavy atom. The molecule has 42 heavy (non-hydrogen) atoms. The largest absolute Gasteiger partial charge is 2.00 e. The summed E-state index contributed by atoms with van der Waals surface area (Å²) in [6, 6.07) is -4.13. The van der Waals surface area contributed by atoms with Crippen LogP contribution in [0.3, 0.4) is 0 Å². The van der Waals surface area contributed by atoms with Crippen LogP contribution in [0.1, 0.15) is 5.71 Å². The third kappa shape index (κ3) is 20.1. The van der Waals surface area contributed by atoms with Crippen molar-refractivity contribution < 1.29 is 73.8 Å². The van der Waals surface area contributed by atoms with Crippen LogP contribution in [-0.4, -0.2) is 246 Å². The van der Waals surface area contributed by atoms with Crippen molar-refractivity contribution in [2.24, 2.45) is 0 Å². The third-order valence-corrected chi connectivity index (χ3v) is 5.28. The van der Waals surface area contributed by atoms with Gasteiger partial charge in [0.25, 0.3) is 0 Å². The molecule has 1 fully saturated rings. The number of carboxylic acid groups (broad SMARTS) is 4. The first-order chi connectivity index (χ1) is 19.0. The van der Waals surface area contributed by atoms with Crippen molar-refractivity contribution in [2.45, 2.75) is 12.1 Å². The maximum atomic E-state index is 12.2. The number of rotatable bonds is 10. The Labute approximate surface area is 307 Å².